The van der Waals surface area contributed by atoms with Gasteiger partial charge in [0.05, 0.1) is 17.6 Å². The Morgan fingerprint density at radius 2 is 2.50 bits per heavy atom. The van der Waals surface area contributed by atoms with E-state index in [0.717, 1.165) is 12.8 Å². The number of aromatic nitrogens is 1. The van der Waals surface area contributed by atoms with E-state index in [0.29, 0.717) is 12.4 Å². The lowest BCUT2D eigenvalue weighted by Crippen LogP contribution is -2.33. The number of hydrogen-bond donors (Lipinski definition) is 1. The number of anilines is 1. The highest BCUT2D eigenvalue weighted by atomic mass is 16.6. The molecular formula is C10H13N3O3. The molecule has 1 aliphatic heterocycles. The first kappa shape index (κ1) is 10.8. The molecule has 0 spiro atoms. The van der Waals surface area contributed by atoms with Crippen molar-refractivity contribution in [3.05, 3.63) is 28.4 Å². The summed E-state index contributed by atoms with van der Waals surface area (Å²) in [6, 6.07) is 2.94. The Bertz CT molecular complexity index is 397. The molecule has 1 aliphatic rings. The van der Waals surface area contributed by atoms with Crippen molar-refractivity contribution in [2.75, 3.05) is 18.1 Å². The maximum atomic E-state index is 10.8. The first-order chi connectivity index (χ1) is 7.74. The van der Waals surface area contributed by atoms with Crippen LogP contribution in [-0.4, -0.2) is 34.2 Å². The summed E-state index contributed by atoms with van der Waals surface area (Å²) in [7, 11) is 0. The molecule has 2 rings (SSSR count). The lowest BCUT2D eigenvalue weighted by molar-refractivity contribution is -0.384. The van der Waals surface area contributed by atoms with Crippen LogP contribution in [0, 0.1) is 10.1 Å². The Labute approximate surface area is 92.7 Å². The topological polar surface area (TPSA) is 79.5 Å². The maximum absolute atomic E-state index is 10.8. The van der Waals surface area contributed by atoms with Gasteiger partial charge in [-0.15, -0.1) is 0 Å². The molecule has 0 bridgehead atoms. The molecule has 86 valence electrons. The number of rotatable bonds is 3. The zero-order valence-corrected chi connectivity index (χ0v) is 8.74. The highest BCUT2D eigenvalue weighted by molar-refractivity contribution is 5.58. The van der Waals surface area contributed by atoms with Crippen molar-refractivity contribution >= 4 is 11.5 Å². The number of hydrogen-bond acceptors (Lipinski definition) is 5. The zero-order valence-electron chi connectivity index (χ0n) is 8.74. The van der Waals surface area contributed by atoms with Crippen molar-refractivity contribution in [3.8, 4) is 0 Å². The molecule has 1 fully saturated rings. The van der Waals surface area contributed by atoms with E-state index in [1.54, 1.807) is 6.07 Å². The number of nitro groups is 1. The minimum atomic E-state index is -0.435. The van der Waals surface area contributed by atoms with Crippen molar-refractivity contribution in [2.45, 2.75) is 18.9 Å². The van der Waals surface area contributed by atoms with E-state index in [1.165, 1.54) is 12.3 Å². The van der Waals surface area contributed by atoms with E-state index in [1.807, 2.05) is 4.90 Å². The molecule has 16 heavy (non-hydrogen) atoms. The molecule has 1 aromatic heterocycles. The summed E-state index contributed by atoms with van der Waals surface area (Å²) in [6.45, 7) is 0.719. The quantitative estimate of drug-likeness (QED) is 0.609. The summed E-state index contributed by atoms with van der Waals surface area (Å²) in [5.41, 5.74) is 0.00264. The normalized spacial score (nSPS) is 20.1. The van der Waals surface area contributed by atoms with Crippen molar-refractivity contribution in [1.82, 2.24) is 4.98 Å². The molecule has 1 atom stereocenters. The number of aliphatic hydroxyl groups excluding tert-OH is 1. The van der Waals surface area contributed by atoms with Crippen LogP contribution < -0.4 is 4.90 Å². The summed E-state index contributed by atoms with van der Waals surface area (Å²) < 4.78 is 0. The number of nitrogens with zero attached hydrogens (tertiary/aromatic N) is 3. The average molecular weight is 223 g/mol. The lowest BCUT2D eigenvalue weighted by atomic mass is 10.2. The molecule has 0 radical (unpaired) electrons. The fourth-order valence-electron chi connectivity index (χ4n) is 2.06. The highest BCUT2D eigenvalue weighted by Crippen LogP contribution is 2.30. The average Bonchev–Trinajstić information content (AvgIpc) is 2.76. The second kappa shape index (κ2) is 4.44. The van der Waals surface area contributed by atoms with E-state index in [9.17, 15) is 15.2 Å². The SMILES string of the molecule is O=[N+]([O-])c1cccnc1N1CCCC1CO. The molecule has 0 saturated carbocycles. The van der Waals surface area contributed by atoms with Crippen molar-refractivity contribution < 1.29 is 10.0 Å². The van der Waals surface area contributed by atoms with Crippen LogP contribution in [0.2, 0.25) is 0 Å². The van der Waals surface area contributed by atoms with Gasteiger partial charge < -0.3 is 10.0 Å². The number of aliphatic hydroxyl groups is 1. The van der Waals surface area contributed by atoms with Gasteiger partial charge in [0, 0.05) is 18.8 Å². The molecule has 0 amide bonds. The maximum Gasteiger partial charge on any atom is 0.311 e. The van der Waals surface area contributed by atoms with E-state index >= 15 is 0 Å². The molecule has 6 nitrogen and oxygen atoms in total. The van der Waals surface area contributed by atoms with Gasteiger partial charge in [-0.25, -0.2) is 4.98 Å². The summed E-state index contributed by atoms with van der Waals surface area (Å²) in [4.78, 5) is 16.3. The van der Waals surface area contributed by atoms with E-state index < -0.39 is 4.92 Å². The third-order valence-electron chi connectivity index (χ3n) is 2.82. The van der Waals surface area contributed by atoms with Crippen molar-refractivity contribution in [2.24, 2.45) is 0 Å². The smallest absolute Gasteiger partial charge is 0.311 e. The second-order valence-corrected chi connectivity index (χ2v) is 3.78. The Kier molecular flexibility index (Phi) is 3.00. The molecule has 2 heterocycles. The van der Waals surface area contributed by atoms with Gasteiger partial charge in [-0.3, -0.25) is 10.1 Å². The molecule has 6 heteroatoms. The standard InChI is InChI=1S/C10H13N3O3/c14-7-8-3-2-6-12(8)10-9(13(15)16)4-1-5-11-10/h1,4-5,8,14H,2-3,6-7H2. The minimum Gasteiger partial charge on any atom is -0.394 e. The molecule has 0 aliphatic carbocycles. The first-order valence-electron chi connectivity index (χ1n) is 5.21. The Morgan fingerprint density at radius 1 is 1.69 bits per heavy atom. The van der Waals surface area contributed by atoms with Crippen LogP contribution in [-0.2, 0) is 0 Å². The molecule has 1 saturated heterocycles. The summed E-state index contributed by atoms with van der Waals surface area (Å²) in [5, 5.41) is 20.0. The van der Waals surface area contributed by atoms with Crippen LogP contribution >= 0.6 is 0 Å². The largest absolute Gasteiger partial charge is 0.394 e. The monoisotopic (exact) mass is 223 g/mol. The fourth-order valence-corrected chi connectivity index (χ4v) is 2.06. The molecule has 0 aromatic carbocycles. The fraction of sp³-hybridized carbons (Fsp3) is 0.500. The zero-order chi connectivity index (χ0) is 11.5. The predicted octanol–water partition coefficient (Wildman–Crippen LogP) is 0.951. The summed E-state index contributed by atoms with van der Waals surface area (Å²) in [6.07, 6.45) is 3.32. The van der Waals surface area contributed by atoms with Crippen LogP contribution in [0.15, 0.2) is 18.3 Å². The Morgan fingerprint density at radius 3 is 3.19 bits per heavy atom. The van der Waals surface area contributed by atoms with Gasteiger partial charge in [0.25, 0.3) is 0 Å². The molecule has 1 N–H and O–H groups in total. The van der Waals surface area contributed by atoms with Crippen LogP contribution in [0.5, 0.6) is 0 Å². The molecular weight excluding hydrogens is 210 g/mol. The first-order valence-corrected chi connectivity index (χ1v) is 5.21. The molecule has 1 unspecified atom stereocenters. The Balaban J connectivity index is 2.35. The third kappa shape index (κ3) is 1.83. The summed E-state index contributed by atoms with van der Waals surface area (Å²) in [5.74, 6) is 0.365. The number of pyridine rings is 1. The van der Waals surface area contributed by atoms with Gasteiger partial charge in [-0.05, 0) is 18.9 Å². The van der Waals surface area contributed by atoms with Gasteiger partial charge in [-0.2, -0.15) is 0 Å². The van der Waals surface area contributed by atoms with Crippen LogP contribution in [0.4, 0.5) is 11.5 Å². The van der Waals surface area contributed by atoms with Gasteiger partial charge >= 0.3 is 5.69 Å². The van der Waals surface area contributed by atoms with Gasteiger partial charge in [0.1, 0.15) is 0 Å². The van der Waals surface area contributed by atoms with E-state index in [-0.39, 0.29) is 18.3 Å². The van der Waals surface area contributed by atoms with Gasteiger partial charge in [0.15, 0.2) is 0 Å². The van der Waals surface area contributed by atoms with Crippen molar-refractivity contribution in [1.29, 1.82) is 0 Å². The van der Waals surface area contributed by atoms with E-state index in [2.05, 4.69) is 4.98 Å². The van der Waals surface area contributed by atoms with Crippen molar-refractivity contribution in [3.63, 3.8) is 0 Å². The Hall–Kier alpha value is -1.69. The van der Waals surface area contributed by atoms with Gasteiger partial charge in [0.2, 0.25) is 5.82 Å². The second-order valence-electron chi connectivity index (χ2n) is 3.78. The lowest BCUT2D eigenvalue weighted by Gasteiger charge is -2.23. The predicted molar refractivity (Wildman–Crippen MR) is 58.3 cm³/mol. The molecule has 1 aromatic rings. The van der Waals surface area contributed by atoms with Crippen LogP contribution in [0.1, 0.15) is 12.8 Å². The minimum absolute atomic E-state index is 0.00264. The third-order valence-corrected chi connectivity index (χ3v) is 2.82. The van der Waals surface area contributed by atoms with Crippen LogP contribution in [0.3, 0.4) is 0 Å². The van der Waals surface area contributed by atoms with E-state index in [4.69, 9.17) is 0 Å². The highest BCUT2D eigenvalue weighted by Gasteiger charge is 2.29. The summed E-state index contributed by atoms with van der Waals surface area (Å²) >= 11 is 0. The van der Waals surface area contributed by atoms with Gasteiger partial charge in [-0.1, -0.05) is 0 Å². The van der Waals surface area contributed by atoms with Crippen LogP contribution in [0.25, 0.3) is 0 Å².